The van der Waals surface area contributed by atoms with Crippen molar-refractivity contribution in [3.8, 4) is 0 Å². The molecule has 2 aromatic rings. The number of rotatable bonds is 7. The molecule has 0 aromatic heterocycles. The second kappa shape index (κ2) is 8.45. The molecule has 0 radical (unpaired) electrons. The standard InChI is InChI=1S/C19H24FN3O/c1-14(15-6-4-3-5-7-15)13-23(2)11-10-19(24)22-18-12-16(21)8-9-17(18)20/h3-9,12,14H,10-11,13,21H2,1-2H3,(H,22,24)/t14-/m0/s1. The summed E-state index contributed by atoms with van der Waals surface area (Å²) in [6, 6.07) is 14.4. The number of nitrogens with one attached hydrogen (secondary N) is 1. The molecule has 4 nitrogen and oxygen atoms in total. The number of benzene rings is 2. The van der Waals surface area contributed by atoms with Crippen LogP contribution < -0.4 is 11.1 Å². The quantitative estimate of drug-likeness (QED) is 0.765. The van der Waals surface area contributed by atoms with Gasteiger partial charge < -0.3 is 16.0 Å². The van der Waals surface area contributed by atoms with E-state index >= 15 is 0 Å². The molecule has 1 amide bonds. The molecule has 0 saturated heterocycles. The lowest BCUT2D eigenvalue weighted by Crippen LogP contribution is -2.27. The van der Waals surface area contributed by atoms with Gasteiger partial charge in [0.25, 0.3) is 0 Å². The van der Waals surface area contributed by atoms with Crippen LogP contribution in [0.2, 0.25) is 0 Å². The van der Waals surface area contributed by atoms with E-state index in [1.165, 1.54) is 23.8 Å². The molecular formula is C19H24FN3O. The summed E-state index contributed by atoms with van der Waals surface area (Å²) in [4.78, 5) is 14.1. The Morgan fingerprint density at radius 3 is 2.67 bits per heavy atom. The van der Waals surface area contributed by atoms with Crippen molar-refractivity contribution < 1.29 is 9.18 Å². The van der Waals surface area contributed by atoms with Gasteiger partial charge >= 0.3 is 0 Å². The molecule has 1 atom stereocenters. The summed E-state index contributed by atoms with van der Waals surface area (Å²) in [5.41, 5.74) is 7.43. The molecule has 2 aromatic carbocycles. The van der Waals surface area contributed by atoms with Gasteiger partial charge in [-0.05, 0) is 36.7 Å². The molecule has 0 saturated carbocycles. The van der Waals surface area contributed by atoms with E-state index in [4.69, 9.17) is 5.73 Å². The molecule has 0 aliphatic carbocycles. The first-order valence-electron chi connectivity index (χ1n) is 8.04. The van der Waals surface area contributed by atoms with E-state index < -0.39 is 5.82 Å². The summed E-state index contributed by atoms with van der Waals surface area (Å²) in [5, 5.41) is 2.57. The Labute approximate surface area is 142 Å². The van der Waals surface area contributed by atoms with E-state index in [9.17, 15) is 9.18 Å². The Kier molecular flexibility index (Phi) is 6.32. The van der Waals surface area contributed by atoms with Gasteiger partial charge in [0.1, 0.15) is 5.82 Å². The van der Waals surface area contributed by atoms with Crippen molar-refractivity contribution in [2.75, 3.05) is 31.2 Å². The molecule has 0 bridgehead atoms. The SMILES string of the molecule is C[C@@H](CN(C)CCC(=O)Nc1cc(N)ccc1F)c1ccccc1. The molecule has 128 valence electrons. The van der Waals surface area contributed by atoms with Crippen molar-refractivity contribution in [3.63, 3.8) is 0 Å². The number of anilines is 2. The average Bonchev–Trinajstić information content (AvgIpc) is 2.57. The van der Waals surface area contributed by atoms with Gasteiger partial charge in [-0.25, -0.2) is 4.39 Å². The fraction of sp³-hybridized carbons (Fsp3) is 0.316. The van der Waals surface area contributed by atoms with Crippen LogP contribution in [-0.2, 0) is 4.79 Å². The third-order valence-corrected chi connectivity index (χ3v) is 3.94. The second-order valence-electron chi connectivity index (χ2n) is 6.11. The Morgan fingerprint density at radius 2 is 1.96 bits per heavy atom. The molecule has 0 aliphatic rings. The first-order valence-corrected chi connectivity index (χ1v) is 8.04. The number of hydrogen-bond donors (Lipinski definition) is 2. The van der Waals surface area contributed by atoms with Gasteiger partial charge in [0.2, 0.25) is 5.91 Å². The van der Waals surface area contributed by atoms with E-state index in [0.717, 1.165) is 6.54 Å². The van der Waals surface area contributed by atoms with Crippen molar-refractivity contribution in [1.29, 1.82) is 0 Å². The lowest BCUT2D eigenvalue weighted by atomic mass is 10.0. The Bertz CT molecular complexity index is 676. The number of nitrogens with two attached hydrogens (primary N) is 1. The van der Waals surface area contributed by atoms with E-state index in [1.807, 2.05) is 25.2 Å². The molecule has 24 heavy (non-hydrogen) atoms. The summed E-state index contributed by atoms with van der Waals surface area (Å²) < 4.78 is 13.6. The highest BCUT2D eigenvalue weighted by Gasteiger charge is 2.11. The Hall–Kier alpha value is -2.40. The van der Waals surface area contributed by atoms with E-state index in [0.29, 0.717) is 24.6 Å². The zero-order valence-corrected chi connectivity index (χ0v) is 14.1. The van der Waals surface area contributed by atoms with E-state index in [2.05, 4.69) is 29.3 Å². The van der Waals surface area contributed by atoms with Gasteiger partial charge in [0, 0.05) is 25.2 Å². The lowest BCUT2D eigenvalue weighted by molar-refractivity contribution is -0.116. The van der Waals surface area contributed by atoms with Crippen LogP contribution in [0.25, 0.3) is 0 Å². The maximum atomic E-state index is 13.6. The summed E-state index contributed by atoms with van der Waals surface area (Å²) in [7, 11) is 1.98. The number of hydrogen-bond acceptors (Lipinski definition) is 3. The zero-order valence-electron chi connectivity index (χ0n) is 14.1. The normalized spacial score (nSPS) is 12.2. The molecule has 0 spiro atoms. The zero-order chi connectivity index (χ0) is 17.5. The number of halogens is 1. The highest BCUT2D eigenvalue weighted by molar-refractivity contribution is 5.91. The van der Waals surface area contributed by atoms with Crippen LogP contribution in [0.3, 0.4) is 0 Å². The third kappa shape index (κ3) is 5.35. The number of carbonyl (C=O) groups excluding carboxylic acids is 1. The minimum absolute atomic E-state index is 0.125. The molecule has 0 unspecified atom stereocenters. The lowest BCUT2D eigenvalue weighted by Gasteiger charge is -2.21. The summed E-state index contributed by atoms with van der Waals surface area (Å²) in [6.45, 7) is 3.62. The van der Waals surface area contributed by atoms with Gasteiger partial charge in [0.15, 0.2) is 0 Å². The predicted octanol–water partition coefficient (Wildman–Crippen LogP) is 3.47. The van der Waals surface area contributed by atoms with Crippen LogP contribution >= 0.6 is 0 Å². The van der Waals surface area contributed by atoms with Crippen LogP contribution in [0.4, 0.5) is 15.8 Å². The molecule has 2 rings (SSSR count). The van der Waals surface area contributed by atoms with E-state index in [-0.39, 0.29) is 11.6 Å². The molecule has 5 heteroatoms. The summed E-state index contributed by atoms with van der Waals surface area (Å²) >= 11 is 0. The highest BCUT2D eigenvalue weighted by atomic mass is 19.1. The number of likely N-dealkylation sites (N-methyl/N-ethyl adjacent to an activating group) is 1. The molecule has 0 aliphatic heterocycles. The molecule has 0 heterocycles. The molecule has 0 fully saturated rings. The second-order valence-corrected chi connectivity index (χ2v) is 6.11. The van der Waals surface area contributed by atoms with Gasteiger partial charge in [-0.15, -0.1) is 0 Å². The van der Waals surface area contributed by atoms with Crippen LogP contribution in [-0.4, -0.2) is 30.9 Å². The average molecular weight is 329 g/mol. The number of nitrogens with zero attached hydrogens (tertiary/aromatic N) is 1. The van der Waals surface area contributed by atoms with Crippen molar-refractivity contribution in [2.24, 2.45) is 0 Å². The topological polar surface area (TPSA) is 58.4 Å². The maximum Gasteiger partial charge on any atom is 0.225 e. The summed E-state index contributed by atoms with van der Waals surface area (Å²) in [6.07, 6.45) is 0.298. The van der Waals surface area contributed by atoms with Crippen molar-refractivity contribution >= 4 is 17.3 Å². The van der Waals surface area contributed by atoms with Crippen LogP contribution in [0.5, 0.6) is 0 Å². The largest absolute Gasteiger partial charge is 0.399 e. The van der Waals surface area contributed by atoms with Crippen molar-refractivity contribution in [1.82, 2.24) is 4.90 Å². The van der Waals surface area contributed by atoms with Crippen molar-refractivity contribution in [2.45, 2.75) is 19.3 Å². The van der Waals surface area contributed by atoms with E-state index in [1.54, 1.807) is 0 Å². The van der Waals surface area contributed by atoms with Gasteiger partial charge in [-0.2, -0.15) is 0 Å². The molecular weight excluding hydrogens is 305 g/mol. The first kappa shape index (κ1) is 17.9. The number of amides is 1. The van der Waals surface area contributed by atoms with Crippen molar-refractivity contribution in [3.05, 3.63) is 59.9 Å². The number of nitrogen functional groups attached to an aromatic ring is 1. The fourth-order valence-corrected chi connectivity index (χ4v) is 2.59. The van der Waals surface area contributed by atoms with Crippen LogP contribution in [0.15, 0.2) is 48.5 Å². The monoisotopic (exact) mass is 329 g/mol. The molecule has 3 N–H and O–H groups in total. The van der Waals surface area contributed by atoms with Gasteiger partial charge in [-0.1, -0.05) is 37.3 Å². The number of carbonyl (C=O) groups is 1. The van der Waals surface area contributed by atoms with Gasteiger partial charge in [-0.3, -0.25) is 4.79 Å². The van der Waals surface area contributed by atoms with Crippen LogP contribution in [0, 0.1) is 5.82 Å². The first-order chi connectivity index (χ1) is 11.5. The smallest absolute Gasteiger partial charge is 0.225 e. The third-order valence-electron chi connectivity index (χ3n) is 3.94. The minimum Gasteiger partial charge on any atom is -0.399 e. The fourth-order valence-electron chi connectivity index (χ4n) is 2.59. The van der Waals surface area contributed by atoms with Gasteiger partial charge in [0.05, 0.1) is 5.69 Å². The minimum atomic E-state index is -0.483. The maximum absolute atomic E-state index is 13.6. The summed E-state index contributed by atoms with van der Waals surface area (Å²) in [5.74, 6) is -0.326. The highest BCUT2D eigenvalue weighted by Crippen LogP contribution is 2.18. The Morgan fingerprint density at radius 1 is 1.25 bits per heavy atom. The van der Waals surface area contributed by atoms with Crippen LogP contribution in [0.1, 0.15) is 24.8 Å². The Balaban J connectivity index is 1.80. The predicted molar refractivity (Wildman–Crippen MR) is 96.4 cm³/mol.